The molecule has 0 rings (SSSR count). The summed E-state index contributed by atoms with van der Waals surface area (Å²) < 4.78 is 0. The Bertz CT molecular complexity index is 161. The summed E-state index contributed by atoms with van der Waals surface area (Å²) in [4.78, 5) is 0. The third-order valence-corrected chi connectivity index (χ3v) is 4.52. The van der Waals surface area contributed by atoms with Crippen molar-refractivity contribution in [2.24, 2.45) is 17.8 Å². The molecule has 0 aliphatic carbocycles. The zero-order valence-electron chi connectivity index (χ0n) is 13.8. The van der Waals surface area contributed by atoms with Gasteiger partial charge in [0.15, 0.2) is 0 Å². The van der Waals surface area contributed by atoms with E-state index in [1.165, 1.54) is 64.2 Å². The molecule has 0 radical (unpaired) electrons. The molecule has 110 valence electrons. The van der Waals surface area contributed by atoms with Gasteiger partial charge >= 0.3 is 0 Å². The van der Waals surface area contributed by atoms with Crippen molar-refractivity contribution in [2.75, 3.05) is 0 Å². The predicted octanol–water partition coefficient (Wildman–Crippen LogP) is 6.84. The molecule has 0 saturated heterocycles. The smallest absolute Gasteiger partial charge is 0.0443 e. The van der Waals surface area contributed by atoms with Crippen molar-refractivity contribution in [3.63, 3.8) is 0 Å². The maximum Gasteiger partial charge on any atom is -0.0443 e. The summed E-state index contributed by atoms with van der Waals surface area (Å²) in [6.07, 6.45) is 14.3. The van der Waals surface area contributed by atoms with E-state index in [-0.39, 0.29) is 0 Å². The lowest BCUT2D eigenvalue weighted by molar-refractivity contribution is 0.392. The molecule has 0 amide bonds. The Balaban J connectivity index is 3.34. The second-order valence-corrected chi connectivity index (χ2v) is 6.73. The van der Waals surface area contributed by atoms with E-state index in [1.54, 1.807) is 0 Å². The molecule has 3 unspecified atom stereocenters. The van der Waals surface area contributed by atoms with Crippen LogP contribution >= 0.6 is 0 Å². The number of unbranched alkanes of at least 4 members (excludes halogenated alkanes) is 1. The molecule has 0 aliphatic rings. The van der Waals surface area contributed by atoms with Crippen molar-refractivity contribution in [3.05, 3.63) is 0 Å². The first-order valence-corrected chi connectivity index (χ1v) is 8.60. The average molecular weight is 255 g/mol. The quantitative estimate of drug-likeness (QED) is 0.335. The average Bonchev–Trinajstić information content (AvgIpc) is 2.34. The predicted molar refractivity (Wildman–Crippen MR) is 85.0 cm³/mol. The van der Waals surface area contributed by atoms with Crippen LogP contribution in [0.3, 0.4) is 0 Å². The topological polar surface area (TPSA) is 0 Å². The van der Waals surface area contributed by atoms with Gasteiger partial charge in [0.1, 0.15) is 0 Å². The number of rotatable bonds is 12. The lowest BCUT2D eigenvalue weighted by Crippen LogP contribution is -1.99. The molecule has 0 saturated carbocycles. The van der Waals surface area contributed by atoms with E-state index in [0.29, 0.717) is 0 Å². The molecule has 0 heterocycles. The summed E-state index contributed by atoms with van der Waals surface area (Å²) in [7, 11) is 0. The highest BCUT2D eigenvalue weighted by atomic mass is 14.1. The lowest BCUT2D eigenvalue weighted by atomic mass is 9.92. The van der Waals surface area contributed by atoms with Gasteiger partial charge in [0.25, 0.3) is 0 Å². The first kappa shape index (κ1) is 18.0. The fourth-order valence-corrected chi connectivity index (χ4v) is 2.79. The van der Waals surface area contributed by atoms with Crippen LogP contribution in [0.1, 0.15) is 98.8 Å². The molecule has 18 heavy (non-hydrogen) atoms. The lowest BCUT2D eigenvalue weighted by Gasteiger charge is -2.14. The maximum atomic E-state index is 2.45. The van der Waals surface area contributed by atoms with E-state index in [1.807, 2.05) is 0 Å². The second-order valence-electron chi connectivity index (χ2n) is 6.73. The Morgan fingerprint density at radius 3 is 1.50 bits per heavy atom. The van der Waals surface area contributed by atoms with Gasteiger partial charge in [-0.3, -0.25) is 0 Å². The Kier molecular flexibility index (Phi) is 12.1. The Hall–Kier alpha value is 0. The van der Waals surface area contributed by atoms with Crippen LogP contribution in [0.15, 0.2) is 0 Å². The molecular weight excluding hydrogens is 216 g/mol. The molecule has 3 atom stereocenters. The van der Waals surface area contributed by atoms with Gasteiger partial charge in [-0.2, -0.15) is 0 Å². The summed E-state index contributed by atoms with van der Waals surface area (Å²) >= 11 is 0. The van der Waals surface area contributed by atoms with Crippen molar-refractivity contribution in [3.8, 4) is 0 Å². The van der Waals surface area contributed by atoms with Crippen molar-refractivity contribution in [1.29, 1.82) is 0 Å². The van der Waals surface area contributed by atoms with E-state index in [0.717, 1.165) is 17.8 Å². The Morgan fingerprint density at radius 2 is 1.00 bits per heavy atom. The fraction of sp³-hybridized carbons (Fsp3) is 1.00. The zero-order valence-corrected chi connectivity index (χ0v) is 13.8. The summed E-state index contributed by atoms with van der Waals surface area (Å²) in [5, 5.41) is 0. The van der Waals surface area contributed by atoms with Crippen molar-refractivity contribution in [1.82, 2.24) is 0 Å². The van der Waals surface area contributed by atoms with E-state index >= 15 is 0 Å². The number of hydrogen-bond donors (Lipinski definition) is 0. The van der Waals surface area contributed by atoms with Crippen LogP contribution in [0.5, 0.6) is 0 Å². The molecular formula is C18H38. The summed E-state index contributed by atoms with van der Waals surface area (Å²) in [6.45, 7) is 11.9. The van der Waals surface area contributed by atoms with Crippen LogP contribution in [0.4, 0.5) is 0 Å². The van der Waals surface area contributed by atoms with Crippen LogP contribution in [-0.2, 0) is 0 Å². The van der Waals surface area contributed by atoms with Gasteiger partial charge in [0.05, 0.1) is 0 Å². The minimum atomic E-state index is 0.937. The molecule has 0 N–H and O–H groups in total. The van der Waals surface area contributed by atoms with Crippen molar-refractivity contribution >= 4 is 0 Å². The largest absolute Gasteiger partial charge is 0.0654 e. The van der Waals surface area contributed by atoms with Gasteiger partial charge in [-0.25, -0.2) is 0 Å². The molecule has 0 heteroatoms. The van der Waals surface area contributed by atoms with Gasteiger partial charge < -0.3 is 0 Å². The fourth-order valence-electron chi connectivity index (χ4n) is 2.79. The normalized spacial score (nSPS) is 16.5. The third kappa shape index (κ3) is 11.1. The monoisotopic (exact) mass is 254 g/mol. The molecule has 0 nitrogen and oxygen atoms in total. The summed E-state index contributed by atoms with van der Waals surface area (Å²) in [5.74, 6) is 2.85. The van der Waals surface area contributed by atoms with Crippen molar-refractivity contribution in [2.45, 2.75) is 98.8 Å². The minimum absolute atomic E-state index is 0.937. The molecule has 0 aromatic carbocycles. The molecule has 0 bridgehead atoms. The molecule has 0 aromatic rings. The van der Waals surface area contributed by atoms with Crippen LogP contribution in [0.25, 0.3) is 0 Å². The maximum absolute atomic E-state index is 2.45. The van der Waals surface area contributed by atoms with Gasteiger partial charge in [0.2, 0.25) is 0 Å². The third-order valence-electron chi connectivity index (χ3n) is 4.52. The van der Waals surface area contributed by atoms with Gasteiger partial charge in [-0.05, 0) is 17.8 Å². The molecule has 0 aliphatic heterocycles. The van der Waals surface area contributed by atoms with Crippen LogP contribution in [0, 0.1) is 17.8 Å². The highest BCUT2D eigenvalue weighted by Gasteiger charge is 2.05. The van der Waals surface area contributed by atoms with Gasteiger partial charge in [-0.1, -0.05) is 98.8 Å². The van der Waals surface area contributed by atoms with Crippen LogP contribution in [-0.4, -0.2) is 0 Å². The van der Waals surface area contributed by atoms with E-state index < -0.39 is 0 Å². The molecule has 0 aromatic heterocycles. The summed E-state index contributed by atoms with van der Waals surface area (Å²) in [6, 6.07) is 0. The minimum Gasteiger partial charge on any atom is -0.0654 e. The summed E-state index contributed by atoms with van der Waals surface area (Å²) in [5.41, 5.74) is 0. The van der Waals surface area contributed by atoms with Crippen LogP contribution in [0.2, 0.25) is 0 Å². The van der Waals surface area contributed by atoms with Crippen molar-refractivity contribution < 1.29 is 0 Å². The Labute approximate surface area is 117 Å². The highest BCUT2D eigenvalue weighted by Crippen LogP contribution is 2.21. The number of hydrogen-bond acceptors (Lipinski definition) is 0. The first-order chi connectivity index (χ1) is 8.60. The first-order valence-electron chi connectivity index (χ1n) is 8.60. The highest BCUT2D eigenvalue weighted by molar-refractivity contribution is 4.59. The van der Waals surface area contributed by atoms with Gasteiger partial charge in [0, 0.05) is 0 Å². The van der Waals surface area contributed by atoms with E-state index in [2.05, 4.69) is 34.6 Å². The second kappa shape index (κ2) is 12.1. The van der Waals surface area contributed by atoms with E-state index in [4.69, 9.17) is 0 Å². The Morgan fingerprint density at radius 1 is 0.556 bits per heavy atom. The van der Waals surface area contributed by atoms with E-state index in [9.17, 15) is 0 Å². The zero-order chi connectivity index (χ0) is 13.8. The van der Waals surface area contributed by atoms with Gasteiger partial charge in [-0.15, -0.1) is 0 Å². The SMILES string of the molecule is CCCC(C)CCCCC(C)CCCC(C)CC. The molecule has 0 spiro atoms. The standard InChI is InChI=1S/C18H38/c1-6-11-17(4)12-8-9-13-18(5)15-10-14-16(3)7-2/h16-18H,6-15H2,1-5H3. The molecule has 0 fully saturated rings. The van der Waals surface area contributed by atoms with Crippen LogP contribution < -0.4 is 0 Å².